The molecule has 0 unspecified atom stereocenters. The summed E-state index contributed by atoms with van der Waals surface area (Å²) in [6, 6.07) is 10.1. The van der Waals surface area contributed by atoms with Crippen LogP contribution in [0.2, 0.25) is 0 Å². The lowest BCUT2D eigenvalue weighted by Gasteiger charge is -2.26. The first-order valence-electron chi connectivity index (χ1n) is 9.92. The van der Waals surface area contributed by atoms with E-state index in [1.54, 1.807) is 0 Å². The van der Waals surface area contributed by atoms with Gasteiger partial charge in [0.25, 0.3) is 0 Å². The number of likely N-dealkylation sites (N-methyl/N-ethyl adjacent to an activating group) is 1. The summed E-state index contributed by atoms with van der Waals surface area (Å²) in [4.78, 5) is 45.1. The van der Waals surface area contributed by atoms with Crippen molar-refractivity contribution < 1.29 is 39.6 Å². The zero-order chi connectivity index (χ0) is 23.8. The fourth-order valence-electron chi connectivity index (χ4n) is 3.60. The van der Waals surface area contributed by atoms with Crippen molar-refractivity contribution in [2.75, 3.05) is 19.6 Å². The molecule has 0 bridgehead atoms. The molecule has 1 amide bonds. The maximum absolute atomic E-state index is 12.7. The van der Waals surface area contributed by atoms with Gasteiger partial charge in [0.2, 0.25) is 5.91 Å². The highest BCUT2D eigenvalue weighted by Crippen LogP contribution is 2.54. The highest BCUT2D eigenvalue weighted by atomic mass is 16.4. The molecule has 10 heteroatoms. The number of nitrogens with zero attached hydrogens (tertiary/aromatic N) is 1. The Balaban J connectivity index is 0.000000330. The molecule has 1 fully saturated rings. The molecule has 0 aliphatic heterocycles. The molecular formula is C21H30N2O8. The molecule has 1 saturated carbocycles. The van der Waals surface area contributed by atoms with Crippen LogP contribution in [-0.4, -0.2) is 74.4 Å². The summed E-state index contributed by atoms with van der Waals surface area (Å²) in [5, 5.41) is 33.8. The van der Waals surface area contributed by atoms with Crippen LogP contribution < -0.4 is 5.73 Å². The number of nitrogens with two attached hydrogens (primary N) is 1. The Morgan fingerprint density at radius 1 is 1.03 bits per heavy atom. The Morgan fingerprint density at radius 2 is 1.52 bits per heavy atom. The maximum Gasteiger partial charge on any atom is 0.336 e. The number of hydrogen-bond acceptors (Lipinski definition) is 6. The summed E-state index contributed by atoms with van der Waals surface area (Å²) in [5.41, 5.74) is 3.84. The van der Waals surface area contributed by atoms with Crippen molar-refractivity contribution in [1.29, 1.82) is 0 Å². The molecule has 0 aromatic heterocycles. The largest absolute Gasteiger partial charge is 0.481 e. The Hall–Kier alpha value is -2.98. The van der Waals surface area contributed by atoms with Crippen LogP contribution in [0.1, 0.15) is 38.7 Å². The van der Waals surface area contributed by atoms with Crippen molar-refractivity contribution in [3.05, 3.63) is 35.9 Å². The summed E-state index contributed by atoms with van der Waals surface area (Å²) in [7, 11) is 0. The van der Waals surface area contributed by atoms with Gasteiger partial charge in [-0.05, 0) is 38.3 Å². The number of carbonyl (C=O) groups excluding carboxylic acids is 1. The van der Waals surface area contributed by atoms with Crippen molar-refractivity contribution in [2.24, 2.45) is 11.7 Å². The predicted molar refractivity (Wildman–Crippen MR) is 110 cm³/mol. The van der Waals surface area contributed by atoms with E-state index >= 15 is 0 Å². The average molecular weight is 438 g/mol. The number of carboxylic acid groups (broad SMARTS) is 3. The van der Waals surface area contributed by atoms with E-state index in [1.807, 2.05) is 36.9 Å². The van der Waals surface area contributed by atoms with Crippen LogP contribution >= 0.6 is 0 Å². The van der Waals surface area contributed by atoms with E-state index in [4.69, 9.17) is 26.2 Å². The van der Waals surface area contributed by atoms with Gasteiger partial charge in [-0.25, -0.2) is 4.79 Å². The van der Waals surface area contributed by atoms with E-state index < -0.39 is 36.4 Å². The predicted octanol–water partition coefficient (Wildman–Crippen LogP) is 0.523. The van der Waals surface area contributed by atoms with Crippen LogP contribution in [0.3, 0.4) is 0 Å². The molecule has 0 heterocycles. The fraction of sp³-hybridized carbons (Fsp3) is 0.524. The summed E-state index contributed by atoms with van der Waals surface area (Å²) >= 11 is 0. The number of rotatable bonds is 10. The lowest BCUT2D eigenvalue weighted by atomic mass is 9.91. The lowest BCUT2D eigenvalue weighted by Crippen LogP contribution is -2.42. The molecule has 2 atom stereocenters. The summed E-state index contributed by atoms with van der Waals surface area (Å²) < 4.78 is 0. The van der Waals surface area contributed by atoms with Crippen LogP contribution in [-0.2, 0) is 24.6 Å². The Bertz CT molecular complexity index is 778. The molecular weight excluding hydrogens is 408 g/mol. The van der Waals surface area contributed by atoms with Gasteiger partial charge in [0.1, 0.15) is 0 Å². The summed E-state index contributed by atoms with van der Waals surface area (Å²) in [6.07, 6.45) is -1.40. The van der Waals surface area contributed by atoms with E-state index in [0.717, 1.165) is 25.1 Å². The number of carbonyl (C=O) groups is 4. The van der Waals surface area contributed by atoms with E-state index in [9.17, 15) is 19.2 Å². The highest BCUT2D eigenvalue weighted by molar-refractivity contribution is 5.92. The number of carboxylic acids is 3. The van der Waals surface area contributed by atoms with Crippen LogP contribution in [0.5, 0.6) is 0 Å². The molecule has 1 aliphatic carbocycles. The van der Waals surface area contributed by atoms with Gasteiger partial charge in [-0.15, -0.1) is 0 Å². The number of aliphatic hydroxyl groups is 1. The van der Waals surface area contributed by atoms with Crippen LogP contribution in [0, 0.1) is 5.92 Å². The van der Waals surface area contributed by atoms with E-state index in [1.165, 1.54) is 0 Å². The molecule has 31 heavy (non-hydrogen) atoms. The Labute approximate surface area is 180 Å². The molecule has 1 aliphatic rings. The second-order valence-electron chi connectivity index (χ2n) is 7.43. The summed E-state index contributed by atoms with van der Waals surface area (Å²) in [6.45, 7) is 6.17. The van der Waals surface area contributed by atoms with Crippen molar-refractivity contribution in [3.8, 4) is 0 Å². The van der Waals surface area contributed by atoms with Crippen LogP contribution in [0.25, 0.3) is 0 Å². The first-order valence-corrected chi connectivity index (χ1v) is 9.92. The standard InChI is InChI=1S/C15H22N2O.C6H8O7/c1-3-17(4-2)14(18)15(10-13(15)11-16)12-8-6-5-7-9-12;7-3(8)1-6(13,5(11)12)2-4(9)10/h5-9,13H,3-4,10-11,16H2,1-2H3;13H,1-2H2,(H,7,8)(H,9,10)(H,11,12)/t13-,15+;/m1./s1. The number of hydrogen-bond donors (Lipinski definition) is 5. The molecule has 10 nitrogen and oxygen atoms in total. The van der Waals surface area contributed by atoms with Gasteiger partial charge in [-0.2, -0.15) is 0 Å². The van der Waals surface area contributed by atoms with E-state index in [0.29, 0.717) is 12.5 Å². The van der Waals surface area contributed by atoms with Crippen molar-refractivity contribution in [1.82, 2.24) is 4.90 Å². The highest BCUT2D eigenvalue weighted by Gasteiger charge is 2.61. The minimum atomic E-state index is -2.74. The minimum Gasteiger partial charge on any atom is -0.481 e. The van der Waals surface area contributed by atoms with Gasteiger partial charge in [0.15, 0.2) is 5.60 Å². The zero-order valence-electron chi connectivity index (χ0n) is 17.7. The van der Waals surface area contributed by atoms with Crippen molar-refractivity contribution in [3.63, 3.8) is 0 Å². The topological polar surface area (TPSA) is 178 Å². The Kier molecular flexibility index (Phi) is 9.14. The second-order valence-corrected chi connectivity index (χ2v) is 7.43. The molecule has 0 radical (unpaired) electrons. The van der Waals surface area contributed by atoms with Gasteiger partial charge in [0.05, 0.1) is 18.3 Å². The molecule has 2 rings (SSSR count). The van der Waals surface area contributed by atoms with Gasteiger partial charge in [0, 0.05) is 13.1 Å². The molecule has 1 aromatic carbocycles. The maximum atomic E-state index is 12.7. The lowest BCUT2D eigenvalue weighted by molar-refractivity contribution is -0.170. The van der Waals surface area contributed by atoms with Gasteiger partial charge >= 0.3 is 17.9 Å². The molecule has 0 spiro atoms. The first-order chi connectivity index (χ1) is 14.5. The summed E-state index contributed by atoms with van der Waals surface area (Å²) in [5.74, 6) is -4.48. The average Bonchev–Trinajstić information content (AvgIpc) is 3.44. The fourth-order valence-corrected chi connectivity index (χ4v) is 3.60. The third-order valence-electron chi connectivity index (χ3n) is 5.40. The quantitative estimate of drug-likeness (QED) is 0.348. The third-order valence-corrected chi connectivity index (χ3v) is 5.40. The molecule has 6 N–H and O–H groups in total. The third kappa shape index (κ3) is 6.25. The monoisotopic (exact) mass is 438 g/mol. The second kappa shape index (κ2) is 10.9. The van der Waals surface area contributed by atoms with Crippen LogP contribution in [0.15, 0.2) is 30.3 Å². The van der Waals surface area contributed by atoms with Gasteiger partial charge in [-0.3, -0.25) is 14.4 Å². The SMILES string of the molecule is CCN(CC)C(=O)[C@]1(c2ccccc2)C[C@@H]1CN.O=C(O)CC(O)(CC(=O)O)C(=O)O. The smallest absolute Gasteiger partial charge is 0.336 e. The van der Waals surface area contributed by atoms with Gasteiger partial charge < -0.3 is 31.1 Å². The number of aliphatic carboxylic acids is 3. The van der Waals surface area contributed by atoms with Crippen LogP contribution in [0.4, 0.5) is 0 Å². The number of benzene rings is 1. The normalized spacial score (nSPS) is 19.5. The first kappa shape index (κ1) is 26.1. The zero-order valence-corrected chi connectivity index (χ0v) is 17.7. The van der Waals surface area contributed by atoms with E-state index in [2.05, 4.69) is 12.1 Å². The van der Waals surface area contributed by atoms with E-state index in [-0.39, 0.29) is 11.3 Å². The molecule has 172 valence electrons. The molecule has 0 saturated heterocycles. The van der Waals surface area contributed by atoms with Crippen molar-refractivity contribution >= 4 is 23.8 Å². The Morgan fingerprint density at radius 3 is 1.84 bits per heavy atom. The van der Waals surface area contributed by atoms with Crippen molar-refractivity contribution in [2.45, 2.75) is 44.1 Å². The van der Waals surface area contributed by atoms with Gasteiger partial charge in [-0.1, -0.05) is 30.3 Å². The number of amides is 1. The molecule has 1 aromatic rings. The minimum absolute atomic E-state index is 0.245.